The summed E-state index contributed by atoms with van der Waals surface area (Å²) in [6, 6.07) is 8.29. The molecular weight excluding hydrogens is 301 g/mol. The highest BCUT2D eigenvalue weighted by Crippen LogP contribution is 2.13. The van der Waals surface area contributed by atoms with Crippen molar-refractivity contribution in [3.05, 3.63) is 29.8 Å². The van der Waals surface area contributed by atoms with Crippen molar-refractivity contribution < 1.29 is 27.8 Å². The Morgan fingerprint density at radius 1 is 1.32 bits per heavy atom. The van der Waals surface area contributed by atoms with Crippen LogP contribution in [0.15, 0.2) is 24.3 Å². The van der Waals surface area contributed by atoms with E-state index < -0.39 is 12.1 Å². The molecule has 22 heavy (non-hydrogen) atoms. The number of aliphatic carboxylic acids is 1. The molecule has 1 aromatic carbocycles. The number of nitrogens with two attached hydrogens (primary N) is 2. The van der Waals surface area contributed by atoms with Crippen LogP contribution >= 0.6 is 0 Å². The lowest BCUT2D eigenvalue weighted by molar-refractivity contribution is -0.192. The van der Waals surface area contributed by atoms with E-state index in [1.165, 1.54) is 5.56 Å². The summed E-state index contributed by atoms with van der Waals surface area (Å²) >= 11 is 0. The van der Waals surface area contributed by atoms with Gasteiger partial charge in [0.2, 0.25) is 0 Å². The summed E-state index contributed by atoms with van der Waals surface area (Å²) in [4.78, 5) is 8.90. The fourth-order valence-electron chi connectivity index (χ4n) is 1.48. The minimum Gasteiger partial charge on any atom is -0.497 e. The maximum atomic E-state index is 10.6. The van der Waals surface area contributed by atoms with Gasteiger partial charge in [0.25, 0.3) is 0 Å². The van der Waals surface area contributed by atoms with E-state index in [0.29, 0.717) is 6.54 Å². The first kappa shape index (κ1) is 20.2. The van der Waals surface area contributed by atoms with Crippen LogP contribution in [0.5, 0.6) is 5.75 Å². The molecule has 0 amide bonds. The monoisotopic (exact) mass is 322 g/mol. The van der Waals surface area contributed by atoms with Gasteiger partial charge in [0.15, 0.2) is 0 Å². The van der Waals surface area contributed by atoms with Gasteiger partial charge in [-0.3, -0.25) is 0 Å². The predicted octanol–water partition coefficient (Wildman–Crippen LogP) is 1.94. The van der Waals surface area contributed by atoms with Gasteiger partial charge in [-0.15, -0.1) is 0 Å². The summed E-state index contributed by atoms with van der Waals surface area (Å²) in [5.41, 5.74) is 12.5. The number of methoxy groups -OCH3 is 1. The first-order valence-electron chi connectivity index (χ1n) is 6.59. The van der Waals surface area contributed by atoms with Gasteiger partial charge in [-0.25, -0.2) is 4.79 Å². The fourth-order valence-corrected chi connectivity index (χ4v) is 1.48. The zero-order valence-corrected chi connectivity index (χ0v) is 12.3. The number of aryl methyl sites for hydroxylation is 1. The minimum atomic E-state index is -5.08. The highest BCUT2D eigenvalue weighted by molar-refractivity contribution is 5.73. The highest BCUT2D eigenvalue weighted by Gasteiger charge is 2.38. The molecule has 1 atom stereocenters. The standard InChI is InChI=1S/C12H20N2O.C2HF3O2/c1-15-12-7-5-10(6-8-12)3-2-4-11(14)9-13;3-2(4,5)1(6)7/h5-8,11H,2-4,9,13-14H2,1H3;(H,6,7). The number of hydrogen-bond donors (Lipinski definition) is 3. The Hall–Kier alpha value is -1.80. The van der Waals surface area contributed by atoms with Crippen LogP contribution in [-0.2, 0) is 11.2 Å². The van der Waals surface area contributed by atoms with E-state index in [-0.39, 0.29) is 6.04 Å². The van der Waals surface area contributed by atoms with Crippen molar-refractivity contribution in [2.75, 3.05) is 13.7 Å². The lowest BCUT2D eigenvalue weighted by Gasteiger charge is -2.08. The second-order valence-electron chi connectivity index (χ2n) is 4.54. The quantitative estimate of drug-likeness (QED) is 0.743. The number of carboxylic acids is 1. The van der Waals surface area contributed by atoms with Crippen molar-refractivity contribution in [2.45, 2.75) is 31.5 Å². The summed E-state index contributed by atoms with van der Waals surface area (Å²) in [5, 5.41) is 7.12. The summed E-state index contributed by atoms with van der Waals surface area (Å²) in [7, 11) is 1.68. The van der Waals surface area contributed by atoms with E-state index in [1.807, 2.05) is 12.1 Å². The number of hydrogen-bond acceptors (Lipinski definition) is 4. The lowest BCUT2D eigenvalue weighted by Crippen LogP contribution is -2.29. The van der Waals surface area contributed by atoms with Crippen LogP contribution in [0.25, 0.3) is 0 Å². The van der Waals surface area contributed by atoms with Gasteiger partial charge in [-0.2, -0.15) is 13.2 Å². The molecule has 0 aliphatic heterocycles. The average Bonchev–Trinajstić information content (AvgIpc) is 2.47. The van der Waals surface area contributed by atoms with E-state index in [0.717, 1.165) is 25.0 Å². The van der Waals surface area contributed by atoms with Crippen molar-refractivity contribution >= 4 is 5.97 Å². The van der Waals surface area contributed by atoms with Crippen LogP contribution in [-0.4, -0.2) is 36.9 Å². The molecule has 0 radical (unpaired) electrons. The van der Waals surface area contributed by atoms with Crippen LogP contribution in [0.2, 0.25) is 0 Å². The van der Waals surface area contributed by atoms with Crippen LogP contribution in [0.1, 0.15) is 18.4 Å². The van der Waals surface area contributed by atoms with Crippen molar-refractivity contribution in [3.8, 4) is 5.75 Å². The Kier molecular flexibility index (Phi) is 9.20. The molecular formula is C14H21F3N2O3. The lowest BCUT2D eigenvalue weighted by atomic mass is 10.1. The predicted molar refractivity (Wildman–Crippen MR) is 76.7 cm³/mol. The molecule has 0 bridgehead atoms. The largest absolute Gasteiger partial charge is 0.497 e. The Morgan fingerprint density at radius 3 is 2.18 bits per heavy atom. The normalized spacial score (nSPS) is 12.1. The zero-order valence-electron chi connectivity index (χ0n) is 12.3. The Balaban J connectivity index is 0.000000534. The molecule has 0 saturated carbocycles. The third-order valence-electron chi connectivity index (χ3n) is 2.74. The third kappa shape index (κ3) is 9.19. The summed E-state index contributed by atoms with van der Waals surface area (Å²) in [6.45, 7) is 0.572. The average molecular weight is 322 g/mol. The van der Waals surface area contributed by atoms with Gasteiger partial charge in [0, 0.05) is 12.6 Å². The van der Waals surface area contributed by atoms with Crippen LogP contribution in [0.4, 0.5) is 13.2 Å². The topological polar surface area (TPSA) is 98.6 Å². The van der Waals surface area contributed by atoms with E-state index in [4.69, 9.17) is 26.1 Å². The van der Waals surface area contributed by atoms with E-state index in [2.05, 4.69) is 12.1 Å². The molecule has 5 N–H and O–H groups in total. The molecule has 0 saturated heterocycles. The van der Waals surface area contributed by atoms with Crippen LogP contribution in [0.3, 0.4) is 0 Å². The molecule has 0 aliphatic carbocycles. The van der Waals surface area contributed by atoms with Crippen molar-refractivity contribution in [1.82, 2.24) is 0 Å². The summed E-state index contributed by atoms with van der Waals surface area (Å²) in [6.07, 6.45) is -1.95. The Labute approximate surface area is 127 Å². The maximum absolute atomic E-state index is 10.6. The van der Waals surface area contributed by atoms with Crippen molar-refractivity contribution in [2.24, 2.45) is 11.5 Å². The van der Waals surface area contributed by atoms with Gasteiger partial charge in [0.1, 0.15) is 5.75 Å². The van der Waals surface area contributed by atoms with Crippen LogP contribution < -0.4 is 16.2 Å². The molecule has 0 fully saturated rings. The number of alkyl halides is 3. The number of ether oxygens (including phenoxy) is 1. The third-order valence-corrected chi connectivity index (χ3v) is 2.74. The van der Waals surface area contributed by atoms with Crippen LogP contribution in [0, 0.1) is 0 Å². The molecule has 1 unspecified atom stereocenters. The molecule has 8 heteroatoms. The second kappa shape index (κ2) is 10.0. The van der Waals surface area contributed by atoms with Gasteiger partial charge < -0.3 is 21.3 Å². The number of halogens is 3. The maximum Gasteiger partial charge on any atom is 0.490 e. The zero-order chi connectivity index (χ0) is 17.2. The SMILES string of the molecule is COc1ccc(CCCC(N)CN)cc1.O=C(O)C(F)(F)F. The van der Waals surface area contributed by atoms with Gasteiger partial charge in [0.05, 0.1) is 7.11 Å². The molecule has 0 spiro atoms. The van der Waals surface area contributed by atoms with Gasteiger partial charge in [-0.05, 0) is 37.0 Å². The summed E-state index contributed by atoms with van der Waals surface area (Å²) < 4.78 is 36.8. The fraction of sp³-hybridized carbons (Fsp3) is 0.500. The Bertz CT molecular complexity index is 436. The van der Waals surface area contributed by atoms with Crippen molar-refractivity contribution in [1.29, 1.82) is 0 Å². The minimum absolute atomic E-state index is 0.142. The molecule has 0 heterocycles. The molecule has 0 aliphatic rings. The number of rotatable bonds is 6. The smallest absolute Gasteiger partial charge is 0.490 e. The van der Waals surface area contributed by atoms with E-state index >= 15 is 0 Å². The molecule has 1 rings (SSSR count). The van der Waals surface area contributed by atoms with Gasteiger partial charge >= 0.3 is 12.1 Å². The number of carbonyl (C=O) groups is 1. The van der Waals surface area contributed by atoms with Crippen molar-refractivity contribution in [3.63, 3.8) is 0 Å². The molecule has 0 aromatic heterocycles. The molecule has 5 nitrogen and oxygen atoms in total. The van der Waals surface area contributed by atoms with E-state index in [9.17, 15) is 13.2 Å². The number of benzene rings is 1. The number of carboxylic acid groups (broad SMARTS) is 1. The second-order valence-corrected chi connectivity index (χ2v) is 4.54. The molecule has 1 aromatic rings. The first-order valence-corrected chi connectivity index (χ1v) is 6.59. The van der Waals surface area contributed by atoms with E-state index in [1.54, 1.807) is 7.11 Å². The molecule has 126 valence electrons. The first-order chi connectivity index (χ1) is 10.2. The van der Waals surface area contributed by atoms with Gasteiger partial charge in [-0.1, -0.05) is 12.1 Å². The Morgan fingerprint density at radius 2 is 1.82 bits per heavy atom. The highest BCUT2D eigenvalue weighted by atomic mass is 19.4. The summed E-state index contributed by atoms with van der Waals surface area (Å²) in [5.74, 6) is -1.86.